The predicted octanol–water partition coefficient (Wildman–Crippen LogP) is 2.65. The van der Waals surface area contributed by atoms with Crippen LogP contribution in [0.5, 0.6) is 0 Å². The quantitative estimate of drug-likeness (QED) is 0.790. The second-order valence-electron chi connectivity index (χ2n) is 6.13. The van der Waals surface area contributed by atoms with Crippen LogP contribution in [0.15, 0.2) is 35.4 Å². The Labute approximate surface area is 158 Å². The zero-order chi connectivity index (χ0) is 20.6. The monoisotopic (exact) mass is 386 g/mol. The molecule has 9 heteroatoms. The summed E-state index contributed by atoms with van der Waals surface area (Å²) in [5, 5.41) is 44.3. The van der Waals surface area contributed by atoms with E-state index in [4.69, 9.17) is 5.26 Å². The van der Waals surface area contributed by atoms with Gasteiger partial charge in [-0.15, -0.1) is 0 Å². The molecule has 0 amide bonds. The third-order valence-electron chi connectivity index (χ3n) is 4.58. The summed E-state index contributed by atoms with van der Waals surface area (Å²) in [5.74, 6) is -6.24. The number of nitrogens with zero attached hydrogens (tertiary/aromatic N) is 4. The van der Waals surface area contributed by atoms with E-state index >= 15 is 0 Å². The van der Waals surface area contributed by atoms with Crippen LogP contribution < -0.4 is 5.01 Å². The van der Waals surface area contributed by atoms with Crippen LogP contribution in [0.3, 0.4) is 0 Å². The summed E-state index contributed by atoms with van der Waals surface area (Å²) >= 11 is 0. The van der Waals surface area contributed by atoms with Crippen LogP contribution in [0.4, 0.5) is 18.9 Å². The normalized spacial score (nSPS) is 19.7. The number of anilines is 1. The number of aliphatic hydroxyl groups excluding tert-OH is 2. The van der Waals surface area contributed by atoms with Gasteiger partial charge in [0.1, 0.15) is 23.7 Å². The lowest BCUT2D eigenvalue weighted by atomic mass is 9.88. The Bertz CT molecular complexity index is 1010. The molecule has 2 N–H and O–H groups in total. The van der Waals surface area contributed by atoms with Gasteiger partial charge in [-0.25, -0.2) is 18.2 Å². The number of halogens is 3. The van der Waals surface area contributed by atoms with Crippen LogP contribution in [0.1, 0.15) is 22.8 Å². The van der Waals surface area contributed by atoms with Crippen LogP contribution in [0.2, 0.25) is 0 Å². The first-order valence-corrected chi connectivity index (χ1v) is 8.09. The molecule has 28 heavy (non-hydrogen) atoms. The Balaban J connectivity index is 2.09. The molecular weight excluding hydrogens is 373 g/mol. The Morgan fingerprint density at radius 3 is 2.29 bits per heavy atom. The molecule has 3 rings (SSSR count). The minimum Gasteiger partial charge on any atom is -0.387 e. The van der Waals surface area contributed by atoms with Crippen molar-refractivity contribution >= 4 is 11.4 Å². The van der Waals surface area contributed by atoms with Gasteiger partial charge in [0.15, 0.2) is 17.9 Å². The third kappa shape index (κ3) is 2.87. The summed E-state index contributed by atoms with van der Waals surface area (Å²) in [6.07, 6.45) is -3.76. The molecule has 1 aliphatic heterocycles. The van der Waals surface area contributed by atoms with Crippen LogP contribution in [0, 0.1) is 53.0 Å². The maximum absolute atomic E-state index is 14.6. The molecule has 0 bridgehead atoms. The lowest BCUT2D eigenvalue weighted by molar-refractivity contribution is 0.0489. The molecule has 3 unspecified atom stereocenters. The largest absolute Gasteiger partial charge is 0.387 e. The van der Waals surface area contributed by atoms with Gasteiger partial charge in [0.2, 0.25) is 0 Å². The Morgan fingerprint density at radius 1 is 1.07 bits per heavy atom. The number of hydrogen-bond donors (Lipinski definition) is 2. The summed E-state index contributed by atoms with van der Waals surface area (Å²) in [7, 11) is 0. The van der Waals surface area contributed by atoms with Gasteiger partial charge in [0.05, 0.1) is 28.8 Å². The molecule has 0 aromatic heterocycles. The highest BCUT2D eigenvalue weighted by Gasteiger charge is 2.44. The van der Waals surface area contributed by atoms with Crippen molar-refractivity contribution < 1.29 is 23.4 Å². The predicted molar refractivity (Wildman–Crippen MR) is 92.2 cm³/mol. The summed E-state index contributed by atoms with van der Waals surface area (Å²) in [5.41, 5.74) is -2.39. The summed E-state index contributed by atoms with van der Waals surface area (Å²) in [4.78, 5) is 0. The molecule has 0 aliphatic carbocycles. The fourth-order valence-electron chi connectivity index (χ4n) is 3.11. The van der Waals surface area contributed by atoms with Gasteiger partial charge in [0, 0.05) is 5.56 Å². The van der Waals surface area contributed by atoms with Crippen molar-refractivity contribution in [2.45, 2.75) is 19.3 Å². The number of para-hydroxylation sites is 1. The first-order chi connectivity index (χ1) is 13.3. The number of aliphatic hydroxyl groups is 2. The van der Waals surface area contributed by atoms with Crippen molar-refractivity contribution in [3.63, 3.8) is 0 Å². The second kappa shape index (κ2) is 7.31. The average molecular weight is 386 g/mol. The Hall–Kier alpha value is -3.40. The zero-order valence-corrected chi connectivity index (χ0v) is 14.4. The van der Waals surface area contributed by atoms with Gasteiger partial charge in [-0.2, -0.15) is 15.6 Å². The fraction of sp³-hybridized carbons (Fsp3) is 0.211. The lowest BCUT2D eigenvalue weighted by Gasteiger charge is -2.26. The number of hydrazone groups is 1. The van der Waals surface area contributed by atoms with Crippen LogP contribution >= 0.6 is 0 Å². The minimum absolute atomic E-state index is 0.376. The summed E-state index contributed by atoms with van der Waals surface area (Å²) in [6.45, 7) is 1.06. The third-order valence-corrected chi connectivity index (χ3v) is 4.58. The molecule has 2 aromatic rings. The Morgan fingerprint density at radius 2 is 1.71 bits per heavy atom. The average Bonchev–Trinajstić information content (AvgIpc) is 3.04. The molecule has 1 heterocycles. The van der Waals surface area contributed by atoms with Crippen molar-refractivity contribution in [2.75, 3.05) is 5.01 Å². The molecule has 0 spiro atoms. The number of hydrogen-bond acceptors (Lipinski definition) is 6. The van der Waals surface area contributed by atoms with E-state index in [1.54, 1.807) is 36.4 Å². The standard InChI is InChI=1S/C19H13F3N4O2/c1-9-11(7-23)16(21)17(22)14(15(9)20)18(27)13-12(8-24)25-26(19(13)28)10-5-3-2-4-6-10/h2-6,13,18-19,27-28H,1H3. The first-order valence-electron chi connectivity index (χ1n) is 8.09. The summed E-state index contributed by atoms with van der Waals surface area (Å²) < 4.78 is 43.2. The van der Waals surface area contributed by atoms with Crippen LogP contribution in [0.25, 0.3) is 0 Å². The van der Waals surface area contributed by atoms with E-state index in [9.17, 15) is 28.6 Å². The van der Waals surface area contributed by atoms with Crippen molar-refractivity contribution in [2.24, 2.45) is 11.0 Å². The van der Waals surface area contributed by atoms with Crippen molar-refractivity contribution in [3.05, 3.63) is 64.5 Å². The topological polar surface area (TPSA) is 104 Å². The molecule has 3 atom stereocenters. The maximum atomic E-state index is 14.6. The van der Waals surface area contributed by atoms with E-state index < -0.39 is 52.4 Å². The fourth-order valence-corrected chi connectivity index (χ4v) is 3.11. The van der Waals surface area contributed by atoms with E-state index in [0.717, 1.165) is 11.9 Å². The van der Waals surface area contributed by atoms with Crippen LogP contribution in [-0.2, 0) is 0 Å². The van der Waals surface area contributed by atoms with E-state index in [0.29, 0.717) is 5.69 Å². The first kappa shape index (κ1) is 19.4. The highest BCUT2D eigenvalue weighted by atomic mass is 19.2. The van der Waals surface area contributed by atoms with Crippen LogP contribution in [-0.4, -0.2) is 22.2 Å². The highest BCUT2D eigenvalue weighted by Crippen LogP contribution is 2.38. The van der Waals surface area contributed by atoms with Gasteiger partial charge >= 0.3 is 0 Å². The molecule has 2 aromatic carbocycles. The maximum Gasteiger partial charge on any atom is 0.177 e. The van der Waals surface area contributed by atoms with E-state index in [1.807, 2.05) is 0 Å². The molecular formula is C19H13F3N4O2. The molecule has 0 fully saturated rings. The smallest absolute Gasteiger partial charge is 0.177 e. The van der Waals surface area contributed by atoms with Crippen molar-refractivity contribution in [1.82, 2.24) is 0 Å². The number of nitriles is 2. The van der Waals surface area contributed by atoms with E-state index in [1.165, 1.54) is 6.07 Å². The van der Waals surface area contributed by atoms with Gasteiger partial charge in [-0.3, -0.25) is 0 Å². The molecule has 0 saturated heterocycles. The molecule has 6 nitrogen and oxygen atoms in total. The molecule has 142 valence electrons. The van der Waals surface area contributed by atoms with Gasteiger partial charge in [0.25, 0.3) is 0 Å². The van der Waals surface area contributed by atoms with E-state index in [-0.39, 0.29) is 5.71 Å². The van der Waals surface area contributed by atoms with Crippen molar-refractivity contribution in [1.29, 1.82) is 10.5 Å². The van der Waals surface area contributed by atoms with Crippen molar-refractivity contribution in [3.8, 4) is 12.1 Å². The molecule has 1 aliphatic rings. The summed E-state index contributed by atoms with van der Waals surface area (Å²) in [6, 6.07) is 11.2. The van der Waals surface area contributed by atoms with E-state index in [2.05, 4.69) is 5.10 Å². The Kier molecular flexibility index (Phi) is 5.06. The highest BCUT2D eigenvalue weighted by molar-refractivity contribution is 6.03. The zero-order valence-electron chi connectivity index (χ0n) is 14.4. The molecule has 0 radical (unpaired) electrons. The number of benzene rings is 2. The SMILES string of the molecule is Cc1c(F)c(C(O)C2C(C#N)=NN(c3ccccc3)C2O)c(F)c(F)c1C#N. The van der Waals surface area contributed by atoms with Gasteiger partial charge in [-0.1, -0.05) is 18.2 Å². The lowest BCUT2D eigenvalue weighted by Crippen LogP contribution is -2.37. The van der Waals surface area contributed by atoms with Gasteiger partial charge in [-0.05, 0) is 19.1 Å². The second-order valence-corrected chi connectivity index (χ2v) is 6.13. The van der Waals surface area contributed by atoms with Gasteiger partial charge < -0.3 is 10.2 Å². The number of rotatable bonds is 3. The molecule has 0 saturated carbocycles. The minimum atomic E-state index is -2.12.